The Balaban J connectivity index is 1.23. The molecule has 0 bridgehead atoms. The van der Waals surface area contributed by atoms with Gasteiger partial charge in [-0.15, -0.1) is 0 Å². The van der Waals surface area contributed by atoms with E-state index >= 15 is 0 Å². The van der Waals surface area contributed by atoms with Crippen molar-refractivity contribution in [3.63, 3.8) is 0 Å². The van der Waals surface area contributed by atoms with Crippen molar-refractivity contribution in [2.45, 2.75) is 130 Å². The summed E-state index contributed by atoms with van der Waals surface area (Å²) in [5.41, 5.74) is 5.79. The maximum atomic E-state index is 13.3. The Bertz CT molecular complexity index is 1570. The number of carbonyl (C=O) groups is 2. The summed E-state index contributed by atoms with van der Waals surface area (Å²) in [5, 5.41) is 0. The molecule has 0 aliphatic heterocycles. The molecule has 5 rings (SSSR count). The van der Waals surface area contributed by atoms with E-state index in [0.29, 0.717) is 23.7 Å². The monoisotopic (exact) mass is 726 g/mol. The van der Waals surface area contributed by atoms with Gasteiger partial charge in [0.05, 0.1) is 12.0 Å². The predicted molar refractivity (Wildman–Crippen MR) is 211 cm³/mol. The smallest absolute Gasteiger partial charge is 0.344 e. The van der Waals surface area contributed by atoms with Crippen molar-refractivity contribution in [2.75, 3.05) is 6.61 Å². The number of fused-ring (bicyclic) bond motifs is 2. The summed E-state index contributed by atoms with van der Waals surface area (Å²) in [4.78, 5) is 25.9. The molecule has 0 saturated heterocycles. The zero-order valence-electron chi connectivity index (χ0n) is 32.7. The van der Waals surface area contributed by atoms with Gasteiger partial charge in [-0.25, -0.2) is 4.79 Å². The zero-order valence-corrected chi connectivity index (χ0v) is 33.7. The largest absolute Gasteiger partial charge is 0.482 e. The molecule has 1 fully saturated rings. The highest BCUT2D eigenvalue weighted by Gasteiger charge is 2.48. The van der Waals surface area contributed by atoms with Crippen LogP contribution in [0.1, 0.15) is 101 Å². The van der Waals surface area contributed by atoms with E-state index in [0.717, 1.165) is 73.5 Å². The Morgan fingerprint density at radius 2 is 1.54 bits per heavy atom. The minimum atomic E-state index is -1.85. The molecule has 2 unspecified atom stereocenters. The lowest BCUT2D eigenvalue weighted by Gasteiger charge is -2.36. The summed E-state index contributed by atoms with van der Waals surface area (Å²) >= 11 is 0. The molecule has 3 aromatic rings. The van der Waals surface area contributed by atoms with Gasteiger partial charge >= 0.3 is 11.9 Å². The first kappa shape index (κ1) is 39.8. The van der Waals surface area contributed by atoms with E-state index in [-0.39, 0.29) is 43.3 Å². The van der Waals surface area contributed by atoms with Crippen LogP contribution in [0.15, 0.2) is 72.8 Å². The Hall–Kier alpha value is -3.42. The van der Waals surface area contributed by atoms with Gasteiger partial charge in [-0.1, -0.05) is 101 Å². The van der Waals surface area contributed by atoms with E-state index in [1.165, 1.54) is 16.7 Å². The van der Waals surface area contributed by atoms with Crippen molar-refractivity contribution in [2.24, 2.45) is 23.7 Å². The lowest BCUT2D eigenvalue weighted by Crippen LogP contribution is -2.42. The van der Waals surface area contributed by atoms with Gasteiger partial charge in [-0.05, 0) is 128 Å². The number of carbonyl (C=O) groups excluding carboxylic acids is 2. The maximum absolute atomic E-state index is 13.3. The molecule has 0 radical (unpaired) electrons. The second-order valence-corrected chi connectivity index (χ2v) is 20.6. The Morgan fingerprint density at radius 1 is 0.827 bits per heavy atom. The Morgan fingerprint density at radius 3 is 2.21 bits per heavy atom. The first-order valence-electron chi connectivity index (χ1n) is 19.9. The van der Waals surface area contributed by atoms with Crippen LogP contribution in [0.4, 0.5) is 0 Å². The lowest BCUT2D eigenvalue weighted by atomic mass is 9.73. The molecule has 2 aliphatic rings. The topological polar surface area (TPSA) is 71.1 Å². The van der Waals surface area contributed by atoms with Crippen LogP contribution in [0.2, 0.25) is 18.1 Å². The van der Waals surface area contributed by atoms with E-state index in [4.69, 9.17) is 18.6 Å². The lowest BCUT2D eigenvalue weighted by molar-refractivity contribution is -0.150. The molecule has 0 heterocycles. The van der Waals surface area contributed by atoms with Crippen LogP contribution in [0.3, 0.4) is 0 Å². The van der Waals surface area contributed by atoms with Crippen molar-refractivity contribution in [1.29, 1.82) is 0 Å². The van der Waals surface area contributed by atoms with Crippen LogP contribution in [0.5, 0.6) is 5.75 Å². The van der Waals surface area contributed by atoms with Crippen LogP contribution in [-0.4, -0.2) is 39.1 Å². The molecule has 3 aromatic carbocycles. The molecule has 0 amide bonds. The van der Waals surface area contributed by atoms with Crippen molar-refractivity contribution >= 4 is 20.3 Å². The quantitative estimate of drug-likeness (QED) is 0.0960. The van der Waals surface area contributed by atoms with E-state index in [1.54, 1.807) is 0 Å². The van der Waals surface area contributed by atoms with Gasteiger partial charge in [-0.3, -0.25) is 4.79 Å². The van der Waals surface area contributed by atoms with Crippen LogP contribution in [0.25, 0.3) is 0 Å². The molecule has 0 aromatic heterocycles. The fourth-order valence-electron chi connectivity index (χ4n) is 8.62. The molecule has 6 nitrogen and oxygen atoms in total. The molecule has 6 atom stereocenters. The molecule has 7 heteroatoms. The zero-order chi connectivity index (χ0) is 37.3. The first-order valence-corrected chi connectivity index (χ1v) is 22.5. The first-order chi connectivity index (χ1) is 25.0. The van der Waals surface area contributed by atoms with Crippen LogP contribution < -0.4 is 4.74 Å². The molecule has 282 valence electrons. The van der Waals surface area contributed by atoms with Crippen LogP contribution in [0, 0.1) is 23.7 Å². The highest BCUT2D eigenvalue weighted by molar-refractivity contribution is 6.73. The third kappa shape index (κ3) is 10.2. The number of benzene rings is 3. The number of hydrogen-bond donors (Lipinski definition) is 0. The molecule has 2 aliphatic carbocycles. The van der Waals surface area contributed by atoms with Crippen molar-refractivity contribution < 1.29 is 28.2 Å². The fourth-order valence-corrected chi connectivity index (χ4v) is 11.5. The number of ether oxygens (including phenoxy) is 3. The highest BCUT2D eigenvalue weighted by Crippen LogP contribution is 2.50. The predicted octanol–water partition coefficient (Wildman–Crippen LogP) is 10.3. The third-order valence-corrected chi connectivity index (χ3v) is 16.6. The SMILES string of the molecule is CC[Si](CC)(CC)OC1C[C@@H]2Cc3c(cccc3OCC(=O)OCc3ccccc3)C[C@@H]2[C@H]1CC[C@H](C)OC(=O)C(C)c1ccc(CC(C)C)cc1. The number of hydrogen-bond acceptors (Lipinski definition) is 6. The highest BCUT2D eigenvalue weighted by atomic mass is 28.4. The normalized spacial score (nSPS) is 20.8. The summed E-state index contributed by atoms with van der Waals surface area (Å²) < 4.78 is 25.0. The standard InChI is InChI=1S/C45H62O6Si/c1-8-52(9-2,10-3)51-43-28-38-27-41-37(17-14-18-42(41)48-30-44(46)49-29-35-15-12-11-13-16-35)26-40(38)39(43)24-19-32(6)50-45(47)33(7)36-22-20-34(21-23-36)25-31(4)5/h11-18,20-23,31-33,38-40,43H,8-10,19,24-30H2,1-7H3/t32-,33?,38-,39+,40-,43?/m0/s1. The van der Waals surface area contributed by atoms with Gasteiger partial charge in [0.15, 0.2) is 14.9 Å². The Labute approximate surface area is 314 Å². The molecule has 0 spiro atoms. The van der Waals surface area contributed by atoms with Crippen molar-refractivity contribution in [1.82, 2.24) is 0 Å². The summed E-state index contributed by atoms with van der Waals surface area (Å²) in [6.07, 6.45) is 5.79. The van der Waals surface area contributed by atoms with Gasteiger partial charge in [0.2, 0.25) is 0 Å². The number of rotatable bonds is 18. The molecular formula is C45H62O6Si. The van der Waals surface area contributed by atoms with Gasteiger partial charge in [0, 0.05) is 6.10 Å². The molecular weight excluding hydrogens is 665 g/mol. The van der Waals surface area contributed by atoms with E-state index in [1.807, 2.05) is 56.3 Å². The van der Waals surface area contributed by atoms with E-state index in [2.05, 4.69) is 65.0 Å². The van der Waals surface area contributed by atoms with Gasteiger partial charge in [0.1, 0.15) is 12.4 Å². The van der Waals surface area contributed by atoms with Gasteiger partial charge in [0.25, 0.3) is 0 Å². The van der Waals surface area contributed by atoms with E-state index in [9.17, 15) is 9.59 Å². The van der Waals surface area contributed by atoms with Crippen molar-refractivity contribution in [3.8, 4) is 5.75 Å². The second-order valence-electron chi connectivity index (χ2n) is 15.8. The summed E-state index contributed by atoms with van der Waals surface area (Å²) in [5.74, 6) is 1.94. The molecule has 1 saturated carbocycles. The van der Waals surface area contributed by atoms with Crippen LogP contribution in [-0.2, 0) is 49.4 Å². The maximum Gasteiger partial charge on any atom is 0.344 e. The second kappa shape index (κ2) is 18.6. The number of esters is 2. The summed E-state index contributed by atoms with van der Waals surface area (Å²) in [7, 11) is -1.85. The average molecular weight is 727 g/mol. The third-order valence-electron chi connectivity index (χ3n) is 11.9. The van der Waals surface area contributed by atoms with E-state index < -0.39 is 8.32 Å². The summed E-state index contributed by atoms with van der Waals surface area (Å²) in [6.45, 7) is 15.5. The van der Waals surface area contributed by atoms with Gasteiger partial charge < -0.3 is 18.6 Å². The average Bonchev–Trinajstić information content (AvgIpc) is 3.48. The van der Waals surface area contributed by atoms with Crippen LogP contribution >= 0.6 is 0 Å². The Kier molecular flexibility index (Phi) is 14.2. The van der Waals surface area contributed by atoms with Crippen molar-refractivity contribution in [3.05, 3.63) is 101 Å². The minimum absolute atomic E-state index is 0.109. The fraction of sp³-hybridized carbons (Fsp3) is 0.556. The minimum Gasteiger partial charge on any atom is -0.482 e. The summed E-state index contributed by atoms with van der Waals surface area (Å²) in [6, 6.07) is 27.8. The van der Waals surface area contributed by atoms with Gasteiger partial charge in [-0.2, -0.15) is 0 Å². The molecule has 52 heavy (non-hydrogen) atoms. The molecule has 0 N–H and O–H groups in total.